The maximum atomic E-state index is 4.60. The average Bonchev–Trinajstić information content (AvgIpc) is 2.61. The van der Waals surface area contributed by atoms with Crippen LogP contribution >= 0.6 is 0 Å². The van der Waals surface area contributed by atoms with Crippen molar-refractivity contribution < 1.29 is 0 Å². The first kappa shape index (κ1) is 22.0. The second-order valence-electron chi connectivity index (χ2n) is 6.85. The third-order valence-corrected chi connectivity index (χ3v) is 4.47. The minimum Gasteiger partial charge on any atom is -0.359 e. The molecule has 0 atom stereocenters. The summed E-state index contributed by atoms with van der Waals surface area (Å²) in [6.45, 7) is 16.9. The summed E-state index contributed by atoms with van der Waals surface area (Å²) in [4.78, 5) is 4.60. The normalized spacial score (nSPS) is 12.2. The van der Waals surface area contributed by atoms with E-state index in [4.69, 9.17) is 0 Å². The molecule has 0 spiro atoms. The lowest BCUT2D eigenvalue weighted by Crippen LogP contribution is -2.15. The van der Waals surface area contributed by atoms with Gasteiger partial charge in [0.05, 0.1) is 0 Å². The van der Waals surface area contributed by atoms with Gasteiger partial charge in [-0.25, -0.2) is 0 Å². The summed E-state index contributed by atoms with van der Waals surface area (Å²) < 4.78 is 0. The fraction of sp³-hybridized carbons (Fsp3) is 0.458. The average molecular weight is 353 g/mol. The van der Waals surface area contributed by atoms with Crippen LogP contribution in [0.1, 0.15) is 71.1 Å². The van der Waals surface area contributed by atoms with Crippen molar-refractivity contribution in [2.24, 2.45) is 0 Å². The summed E-state index contributed by atoms with van der Waals surface area (Å²) in [7, 11) is 0. The lowest BCUT2D eigenvalue weighted by atomic mass is 10.0. The molecular weight excluding hydrogens is 316 g/mol. The zero-order chi connectivity index (χ0) is 19.4. The largest absolute Gasteiger partial charge is 0.359 e. The van der Waals surface area contributed by atoms with E-state index in [1.165, 1.54) is 42.5 Å². The molecule has 2 nitrogen and oxygen atoms in total. The molecule has 0 radical (unpaired) electrons. The van der Waals surface area contributed by atoms with E-state index < -0.39 is 0 Å². The Labute approximate surface area is 160 Å². The Morgan fingerprint density at radius 2 is 1.92 bits per heavy atom. The molecule has 0 saturated heterocycles. The van der Waals surface area contributed by atoms with Gasteiger partial charge in [-0.2, -0.15) is 0 Å². The minimum absolute atomic E-state index is 0.760. The predicted octanol–water partition coefficient (Wildman–Crippen LogP) is 6.67. The number of aryl methyl sites for hydroxylation is 1. The second kappa shape index (κ2) is 12.3. The molecular formula is C24H36N2. The summed E-state index contributed by atoms with van der Waals surface area (Å²) in [6.07, 6.45) is 14.3. The third kappa shape index (κ3) is 7.86. The van der Waals surface area contributed by atoms with Crippen molar-refractivity contribution in [3.05, 3.63) is 77.4 Å². The molecule has 1 aromatic heterocycles. The zero-order valence-corrected chi connectivity index (χ0v) is 17.2. The third-order valence-electron chi connectivity index (χ3n) is 4.47. The molecule has 1 aromatic rings. The lowest BCUT2D eigenvalue weighted by Gasteiger charge is -2.16. The van der Waals surface area contributed by atoms with Gasteiger partial charge >= 0.3 is 0 Å². The van der Waals surface area contributed by atoms with Gasteiger partial charge in [0.15, 0.2) is 0 Å². The molecule has 1 heterocycles. The highest BCUT2D eigenvalue weighted by Gasteiger charge is 2.06. The van der Waals surface area contributed by atoms with Gasteiger partial charge in [-0.1, -0.05) is 64.5 Å². The molecule has 0 saturated carbocycles. The molecule has 0 aliphatic rings. The van der Waals surface area contributed by atoms with Gasteiger partial charge in [0.2, 0.25) is 0 Å². The SMILES string of the molecule is C=C(Cc1ccc(CCCCCC)nc1)NC(=C)C(=C\C)/C(C)=C\CC. The summed E-state index contributed by atoms with van der Waals surface area (Å²) in [6, 6.07) is 4.31. The van der Waals surface area contributed by atoms with E-state index in [0.717, 1.165) is 36.2 Å². The van der Waals surface area contributed by atoms with Crippen LogP contribution in [-0.4, -0.2) is 4.98 Å². The van der Waals surface area contributed by atoms with Crippen molar-refractivity contribution in [2.75, 3.05) is 0 Å². The Balaban J connectivity index is 2.54. The molecule has 0 amide bonds. The molecule has 0 fully saturated rings. The van der Waals surface area contributed by atoms with Crippen LogP contribution in [-0.2, 0) is 12.8 Å². The van der Waals surface area contributed by atoms with Gasteiger partial charge < -0.3 is 5.32 Å². The fourth-order valence-electron chi connectivity index (χ4n) is 3.07. The van der Waals surface area contributed by atoms with E-state index in [2.05, 4.69) is 68.5 Å². The number of allylic oxidation sites excluding steroid dienone is 4. The molecule has 0 aliphatic carbocycles. The number of hydrogen-bond acceptors (Lipinski definition) is 2. The smallest absolute Gasteiger partial charge is 0.0403 e. The summed E-state index contributed by atoms with van der Waals surface area (Å²) in [5, 5.41) is 3.36. The topological polar surface area (TPSA) is 24.9 Å². The number of nitrogens with one attached hydrogen (secondary N) is 1. The van der Waals surface area contributed by atoms with Crippen LogP contribution in [0.25, 0.3) is 0 Å². The maximum Gasteiger partial charge on any atom is 0.0403 e. The van der Waals surface area contributed by atoms with Crippen LogP contribution in [0.5, 0.6) is 0 Å². The molecule has 1 N–H and O–H groups in total. The van der Waals surface area contributed by atoms with E-state index in [-0.39, 0.29) is 0 Å². The van der Waals surface area contributed by atoms with Gasteiger partial charge in [0.25, 0.3) is 0 Å². The van der Waals surface area contributed by atoms with Gasteiger partial charge in [-0.3, -0.25) is 4.98 Å². The van der Waals surface area contributed by atoms with E-state index >= 15 is 0 Å². The number of unbranched alkanes of at least 4 members (excludes halogenated alkanes) is 3. The Kier molecular flexibility index (Phi) is 10.4. The minimum atomic E-state index is 0.760. The van der Waals surface area contributed by atoms with Gasteiger partial charge in [0.1, 0.15) is 0 Å². The highest BCUT2D eigenvalue weighted by Crippen LogP contribution is 2.18. The first-order chi connectivity index (χ1) is 12.5. The fourth-order valence-corrected chi connectivity index (χ4v) is 3.07. The van der Waals surface area contributed by atoms with E-state index in [0.29, 0.717) is 0 Å². The maximum absolute atomic E-state index is 4.60. The van der Waals surface area contributed by atoms with E-state index in [9.17, 15) is 0 Å². The highest BCUT2D eigenvalue weighted by molar-refractivity contribution is 5.44. The van der Waals surface area contributed by atoms with Crippen molar-refractivity contribution >= 4 is 0 Å². The van der Waals surface area contributed by atoms with Crippen molar-refractivity contribution in [3.8, 4) is 0 Å². The Morgan fingerprint density at radius 3 is 2.50 bits per heavy atom. The molecule has 142 valence electrons. The number of nitrogens with zero attached hydrogens (tertiary/aromatic N) is 1. The van der Waals surface area contributed by atoms with E-state index in [1.54, 1.807) is 0 Å². The van der Waals surface area contributed by atoms with Crippen LogP contribution in [0.2, 0.25) is 0 Å². The predicted molar refractivity (Wildman–Crippen MR) is 115 cm³/mol. The van der Waals surface area contributed by atoms with Crippen molar-refractivity contribution in [3.63, 3.8) is 0 Å². The quantitative estimate of drug-likeness (QED) is 0.336. The summed E-state index contributed by atoms with van der Waals surface area (Å²) in [5.74, 6) is 0. The first-order valence-electron chi connectivity index (χ1n) is 9.93. The van der Waals surface area contributed by atoms with Crippen LogP contribution in [0.15, 0.2) is 66.2 Å². The van der Waals surface area contributed by atoms with Crippen LogP contribution in [0.3, 0.4) is 0 Å². The number of rotatable bonds is 12. The molecule has 0 aliphatic heterocycles. The van der Waals surface area contributed by atoms with Crippen LogP contribution in [0.4, 0.5) is 0 Å². The van der Waals surface area contributed by atoms with E-state index in [1.807, 2.05) is 13.1 Å². The Hall–Kier alpha value is -2.09. The zero-order valence-electron chi connectivity index (χ0n) is 17.2. The van der Waals surface area contributed by atoms with Crippen molar-refractivity contribution in [2.45, 2.75) is 72.6 Å². The van der Waals surface area contributed by atoms with Crippen molar-refractivity contribution in [1.82, 2.24) is 10.3 Å². The molecule has 2 heteroatoms. The second-order valence-corrected chi connectivity index (χ2v) is 6.85. The monoisotopic (exact) mass is 352 g/mol. The Bertz CT molecular complexity index is 633. The molecule has 0 aromatic carbocycles. The van der Waals surface area contributed by atoms with Crippen LogP contribution < -0.4 is 5.32 Å². The van der Waals surface area contributed by atoms with Gasteiger partial charge in [0, 0.05) is 29.7 Å². The molecule has 1 rings (SSSR count). The molecule has 0 bridgehead atoms. The van der Waals surface area contributed by atoms with Crippen LogP contribution in [0, 0.1) is 0 Å². The lowest BCUT2D eigenvalue weighted by molar-refractivity contribution is 0.660. The number of hydrogen-bond donors (Lipinski definition) is 1. The Morgan fingerprint density at radius 1 is 1.15 bits per heavy atom. The highest BCUT2D eigenvalue weighted by atomic mass is 14.9. The summed E-state index contributed by atoms with van der Waals surface area (Å²) in [5.41, 5.74) is 6.60. The molecule has 0 unspecified atom stereocenters. The summed E-state index contributed by atoms with van der Waals surface area (Å²) >= 11 is 0. The van der Waals surface area contributed by atoms with Gasteiger partial charge in [-0.15, -0.1) is 0 Å². The molecule has 26 heavy (non-hydrogen) atoms. The standard InChI is InChI=1S/C24H36N2/c1-7-10-11-12-14-23-16-15-22(18-25-23)17-20(5)26-21(6)24(9-3)19(4)13-8-2/h9,13,15-16,18,26H,5-8,10-12,14,17H2,1-4H3/b19-13-,24-9-. The van der Waals surface area contributed by atoms with Gasteiger partial charge in [-0.05, 0) is 55.9 Å². The first-order valence-corrected chi connectivity index (χ1v) is 9.93. The number of pyridine rings is 1. The number of aromatic nitrogens is 1. The van der Waals surface area contributed by atoms with Crippen molar-refractivity contribution in [1.29, 1.82) is 0 Å².